The van der Waals surface area contributed by atoms with E-state index in [0.717, 1.165) is 4.47 Å². The maximum Gasteiger partial charge on any atom is 0.0332 e. The topological polar surface area (TPSA) is 0 Å². The second kappa shape index (κ2) is 9.73. The van der Waals surface area contributed by atoms with Gasteiger partial charge in [-0.1, -0.05) is 146 Å². The fourth-order valence-corrected chi connectivity index (χ4v) is 7.07. The highest BCUT2D eigenvalue weighted by Crippen LogP contribution is 2.44. The summed E-state index contributed by atoms with van der Waals surface area (Å²) in [6, 6.07) is 55.1. The fourth-order valence-electron chi connectivity index (χ4n) is 6.37. The summed E-state index contributed by atoms with van der Waals surface area (Å²) in [5, 5.41) is 10.0. The average Bonchev–Trinajstić information content (AvgIpc) is 3.04. The lowest BCUT2D eigenvalue weighted by Crippen LogP contribution is -1.90. The summed E-state index contributed by atoms with van der Waals surface area (Å²) < 4.78 is 1.14. The van der Waals surface area contributed by atoms with Gasteiger partial charge in [0.2, 0.25) is 0 Å². The van der Waals surface area contributed by atoms with Crippen LogP contribution in [0, 0.1) is 0 Å². The van der Waals surface area contributed by atoms with Gasteiger partial charge in [0.15, 0.2) is 0 Å². The predicted molar refractivity (Wildman–Crippen MR) is 180 cm³/mol. The molecule has 0 fully saturated rings. The number of rotatable bonds is 3. The van der Waals surface area contributed by atoms with Crippen LogP contribution in [0.5, 0.6) is 0 Å². The van der Waals surface area contributed by atoms with Gasteiger partial charge in [0.05, 0.1) is 0 Å². The third-order valence-corrected chi connectivity index (χ3v) is 9.19. The van der Waals surface area contributed by atoms with Gasteiger partial charge >= 0.3 is 0 Å². The van der Waals surface area contributed by atoms with Crippen LogP contribution in [-0.4, -0.2) is 0 Å². The van der Waals surface area contributed by atoms with Gasteiger partial charge in [-0.2, -0.15) is 0 Å². The van der Waals surface area contributed by atoms with Gasteiger partial charge in [-0.05, 0) is 98.5 Å². The van der Waals surface area contributed by atoms with Crippen LogP contribution in [0.1, 0.15) is 0 Å². The molecule has 0 saturated heterocycles. The molecule has 192 valence electrons. The van der Waals surface area contributed by atoms with E-state index in [1.54, 1.807) is 0 Å². The lowest BCUT2D eigenvalue weighted by molar-refractivity contribution is 1.63. The molecule has 0 atom stereocenters. The second-order valence-corrected chi connectivity index (χ2v) is 11.4. The van der Waals surface area contributed by atoms with Crippen LogP contribution in [0.4, 0.5) is 0 Å². The van der Waals surface area contributed by atoms with Crippen molar-refractivity contribution in [1.29, 1.82) is 0 Å². The summed E-state index contributed by atoms with van der Waals surface area (Å²) in [6.07, 6.45) is 0. The molecule has 0 aromatic heterocycles. The zero-order valence-corrected chi connectivity index (χ0v) is 23.9. The maximum atomic E-state index is 3.97. The minimum absolute atomic E-state index is 1.14. The Morgan fingerprint density at radius 2 is 0.780 bits per heavy atom. The van der Waals surface area contributed by atoms with E-state index in [0.29, 0.717) is 0 Å². The lowest BCUT2D eigenvalue weighted by Gasteiger charge is -2.17. The van der Waals surface area contributed by atoms with E-state index in [1.165, 1.54) is 76.5 Å². The minimum atomic E-state index is 1.14. The van der Waals surface area contributed by atoms with Crippen molar-refractivity contribution in [2.75, 3.05) is 0 Å². The van der Waals surface area contributed by atoms with E-state index in [4.69, 9.17) is 0 Å². The molecule has 0 nitrogen and oxygen atoms in total. The Kier molecular flexibility index (Phi) is 5.72. The first-order valence-electron chi connectivity index (χ1n) is 14.0. The quantitative estimate of drug-likeness (QED) is 0.181. The first kappa shape index (κ1) is 24.1. The first-order valence-corrected chi connectivity index (χ1v) is 14.8. The highest BCUT2D eigenvalue weighted by Gasteiger charge is 2.16. The fraction of sp³-hybridized carbons (Fsp3) is 0. The summed E-state index contributed by atoms with van der Waals surface area (Å²) in [5.74, 6) is 0. The third-order valence-electron chi connectivity index (χ3n) is 8.33. The maximum absolute atomic E-state index is 3.97. The molecule has 8 rings (SSSR count). The van der Waals surface area contributed by atoms with Crippen LogP contribution in [0.2, 0.25) is 0 Å². The molecule has 0 aliphatic rings. The summed E-state index contributed by atoms with van der Waals surface area (Å²) >= 11 is 3.97. The normalized spacial score (nSPS) is 11.5. The van der Waals surface area contributed by atoms with Gasteiger partial charge in [0.25, 0.3) is 0 Å². The van der Waals surface area contributed by atoms with E-state index >= 15 is 0 Å². The smallest absolute Gasteiger partial charge is 0.0332 e. The molecule has 0 aliphatic carbocycles. The van der Waals surface area contributed by atoms with Gasteiger partial charge in [-0.25, -0.2) is 0 Å². The standard InChI is InChI=1S/C40H25Br/c41-40-36-16-6-5-15-35(36)39(29-21-19-28(20-22-29)33-17-7-11-26-9-1-3-13-31(26)33)38-25-30(23-24-37(38)40)34-18-8-12-27-10-2-4-14-32(27)34/h1-25H. The first-order chi connectivity index (χ1) is 20.3. The molecule has 0 amide bonds. The number of halogens is 1. The lowest BCUT2D eigenvalue weighted by atomic mass is 9.88. The Morgan fingerprint density at radius 3 is 1.44 bits per heavy atom. The summed E-state index contributed by atoms with van der Waals surface area (Å²) in [7, 11) is 0. The molecule has 0 unspecified atom stereocenters. The van der Waals surface area contributed by atoms with E-state index in [9.17, 15) is 0 Å². The monoisotopic (exact) mass is 584 g/mol. The van der Waals surface area contributed by atoms with Gasteiger partial charge in [0, 0.05) is 4.47 Å². The highest BCUT2D eigenvalue weighted by atomic mass is 79.9. The Hall–Kier alpha value is -4.72. The molecule has 41 heavy (non-hydrogen) atoms. The van der Waals surface area contributed by atoms with E-state index in [1.807, 2.05) is 0 Å². The van der Waals surface area contributed by atoms with Crippen LogP contribution in [-0.2, 0) is 0 Å². The molecule has 8 aromatic rings. The molecule has 0 spiro atoms. The van der Waals surface area contributed by atoms with Crippen LogP contribution in [0.25, 0.3) is 76.5 Å². The predicted octanol–water partition coefficient (Wildman–Crippen LogP) is 12.1. The minimum Gasteiger partial charge on any atom is -0.0616 e. The molecule has 0 radical (unpaired) electrons. The number of hydrogen-bond acceptors (Lipinski definition) is 0. The van der Waals surface area contributed by atoms with Crippen molar-refractivity contribution in [3.05, 3.63) is 156 Å². The Morgan fingerprint density at radius 1 is 0.317 bits per heavy atom. The largest absolute Gasteiger partial charge is 0.0616 e. The van der Waals surface area contributed by atoms with Gasteiger partial charge in [0.1, 0.15) is 0 Å². The summed E-state index contributed by atoms with van der Waals surface area (Å²) in [5.41, 5.74) is 7.46. The SMILES string of the molecule is Brc1c2ccccc2c(-c2ccc(-c3cccc4ccccc34)cc2)c2cc(-c3cccc4ccccc34)ccc12. The molecular weight excluding hydrogens is 560 g/mol. The van der Waals surface area contributed by atoms with E-state index in [-0.39, 0.29) is 0 Å². The van der Waals surface area contributed by atoms with E-state index < -0.39 is 0 Å². The number of fused-ring (bicyclic) bond motifs is 4. The molecule has 0 N–H and O–H groups in total. The highest BCUT2D eigenvalue weighted by molar-refractivity contribution is 9.10. The Bertz CT molecular complexity index is 2250. The zero-order chi connectivity index (χ0) is 27.3. The van der Waals surface area contributed by atoms with Gasteiger partial charge < -0.3 is 0 Å². The van der Waals surface area contributed by atoms with Crippen molar-refractivity contribution in [3.63, 3.8) is 0 Å². The van der Waals surface area contributed by atoms with Crippen LogP contribution < -0.4 is 0 Å². The van der Waals surface area contributed by atoms with E-state index in [2.05, 4.69) is 168 Å². The van der Waals surface area contributed by atoms with Gasteiger partial charge in [-0.3, -0.25) is 0 Å². The van der Waals surface area contributed by atoms with Crippen molar-refractivity contribution in [1.82, 2.24) is 0 Å². The average molecular weight is 586 g/mol. The number of benzene rings is 8. The number of hydrogen-bond donors (Lipinski definition) is 0. The third kappa shape index (κ3) is 3.96. The summed E-state index contributed by atoms with van der Waals surface area (Å²) in [4.78, 5) is 0. The van der Waals surface area contributed by atoms with Crippen LogP contribution >= 0.6 is 15.9 Å². The zero-order valence-electron chi connectivity index (χ0n) is 22.3. The molecule has 0 aliphatic heterocycles. The molecule has 1 heteroatoms. The Labute approximate surface area is 247 Å². The summed E-state index contributed by atoms with van der Waals surface area (Å²) in [6.45, 7) is 0. The van der Waals surface area contributed by atoms with Crippen molar-refractivity contribution in [3.8, 4) is 33.4 Å². The Balaban J connectivity index is 1.37. The van der Waals surface area contributed by atoms with Crippen molar-refractivity contribution in [2.24, 2.45) is 0 Å². The van der Waals surface area contributed by atoms with Crippen molar-refractivity contribution in [2.45, 2.75) is 0 Å². The molecule has 0 heterocycles. The van der Waals surface area contributed by atoms with Gasteiger partial charge in [-0.15, -0.1) is 0 Å². The molecule has 0 saturated carbocycles. The van der Waals surface area contributed by atoms with Crippen molar-refractivity contribution >= 4 is 59.0 Å². The van der Waals surface area contributed by atoms with Crippen molar-refractivity contribution < 1.29 is 0 Å². The molecule has 8 aromatic carbocycles. The van der Waals surface area contributed by atoms with Crippen LogP contribution in [0.15, 0.2) is 156 Å². The second-order valence-electron chi connectivity index (χ2n) is 10.6. The molecular formula is C40H25Br. The van der Waals surface area contributed by atoms with Crippen LogP contribution in [0.3, 0.4) is 0 Å². The molecule has 0 bridgehead atoms.